The molecule has 19 heavy (non-hydrogen) atoms. The predicted octanol–water partition coefficient (Wildman–Crippen LogP) is 2.01. The van der Waals surface area contributed by atoms with Crippen molar-refractivity contribution in [3.63, 3.8) is 0 Å². The van der Waals surface area contributed by atoms with Gasteiger partial charge in [0.25, 0.3) is 0 Å². The van der Waals surface area contributed by atoms with Gasteiger partial charge in [0.2, 0.25) is 5.91 Å². The minimum absolute atomic E-state index is 0.0148. The summed E-state index contributed by atoms with van der Waals surface area (Å²) in [6.45, 7) is 5.11. The Morgan fingerprint density at radius 1 is 1.26 bits per heavy atom. The molecule has 0 saturated carbocycles. The van der Waals surface area contributed by atoms with Gasteiger partial charge in [-0.2, -0.15) is 0 Å². The van der Waals surface area contributed by atoms with Gasteiger partial charge in [-0.1, -0.05) is 25.1 Å². The summed E-state index contributed by atoms with van der Waals surface area (Å²) in [5.74, 6) is 0.436. The van der Waals surface area contributed by atoms with Crippen LogP contribution in [-0.4, -0.2) is 30.2 Å². The van der Waals surface area contributed by atoms with Crippen molar-refractivity contribution in [2.45, 2.75) is 32.7 Å². The van der Waals surface area contributed by atoms with Crippen molar-refractivity contribution in [2.24, 2.45) is 5.92 Å². The van der Waals surface area contributed by atoms with Crippen LogP contribution >= 0.6 is 0 Å². The predicted molar refractivity (Wildman–Crippen MR) is 78.0 cm³/mol. The molecule has 0 aromatic heterocycles. The van der Waals surface area contributed by atoms with Crippen LogP contribution in [0.3, 0.4) is 0 Å². The standard InChI is InChI=1S/C15H24N2O2/c1-12(8-9-18)11-16-13(2)10-15(19)17-14-6-4-3-5-7-14/h3-7,12-13,16,18H,8-11H2,1-2H3,(H,17,19). The van der Waals surface area contributed by atoms with Crippen LogP contribution in [0.4, 0.5) is 5.69 Å². The van der Waals surface area contributed by atoms with E-state index in [2.05, 4.69) is 17.6 Å². The first-order chi connectivity index (χ1) is 9.11. The van der Waals surface area contributed by atoms with E-state index in [4.69, 9.17) is 5.11 Å². The molecule has 0 bridgehead atoms. The number of para-hydroxylation sites is 1. The summed E-state index contributed by atoms with van der Waals surface area (Å²) in [4.78, 5) is 11.8. The second-order valence-electron chi connectivity index (χ2n) is 5.05. The molecule has 3 N–H and O–H groups in total. The smallest absolute Gasteiger partial charge is 0.225 e. The van der Waals surface area contributed by atoms with Crippen LogP contribution in [-0.2, 0) is 4.79 Å². The molecule has 0 aliphatic carbocycles. The van der Waals surface area contributed by atoms with Gasteiger partial charge in [-0.15, -0.1) is 0 Å². The molecule has 4 nitrogen and oxygen atoms in total. The average Bonchev–Trinajstić information content (AvgIpc) is 2.38. The number of nitrogens with one attached hydrogen (secondary N) is 2. The molecular formula is C15H24N2O2. The molecule has 0 spiro atoms. The normalized spacial score (nSPS) is 13.8. The van der Waals surface area contributed by atoms with Crippen LogP contribution in [0.2, 0.25) is 0 Å². The van der Waals surface area contributed by atoms with Gasteiger partial charge in [0.1, 0.15) is 0 Å². The lowest BCUT2D eigenvalue weighted by atomic mass is 10.1. The number of carbonyl (C=O) groups excluding carboxylic acids is 1. The highest BCUT2D eigenvalue weighted by atomic mass is 16.3. The molecule has 106 valence electrons. The molecule has 0 fully saturated rings. The molecule has 0 aliphatic rings. The molecule has 1 amide bonds. The highest BCUT2D eigenvalue weighted by molar-refractivity contribution is 5.90. The summed E-state index contributed by atoms with van der Waals surface area (Å²) < 4.78 is 0. The maximum absolute atomic E-state index is 11.8. The quantitative estimate of drug-likeness (QED) is 0.673. The topological polar surface area (TPSA) is 61.4 Å². The van der Waals surface area contributed by atoms with Crippen molar-refractivity contribution in [2.75, 3.05) is 18.5 Å². The number of aliphatic hydroxyl groups excluding tert-OH is 1. The summed E-state index contributed by atoms with van der Waals surface area (Å²) in [6.07, 6.45) is 1.23. The largest absolute Gasteiger partial charge is 0.396 e. The molecule has 0 heterocycles. The Kier molecular flexibility index (Phi) is 7.15. The average molecular weight is 264 g/mol. The van der Waals surface area contributed by atoms with Crippen molar-refractivity contribution < 1.29 is 9.90 Å². The van der Waals surface area contributed by atoms with Gasteiger partial charge in [-0.3, -0.25) is 4.79 Å². The Bertz CT molecular complexity index is 368. The van der Waals surface area contributed by atoms with Gasteiger partial charge in [0.15, 0.2) is 0 Å². The molecular weight excluding hydrogens is 240 g/mol. The lowest BCUT2D eigenvalue weighted by Gasteiger charge is -2.17. The summed E-state index contributed by atoms with van der Waals surface area (Å²) in [7, 11) is 0. The van der Waals surface area contributed by atoms with Crippen molar-refractivity contribution in [3.8, 4) is 0 Å². The van der Waals surface area contributed by atoms with Crippen LogP contribution in [0, 0.1) is 5.92 Å². The van der Waals surface area contributed by atoms with Gasteiger partial charge in [-0.25, -0.2) is 0 Å². The molecule has 4 heteroatoms. The number of benzene rings is 1. The Hall–Kier alpha value is -1.39. The van der Waals surface area contributed by atoms with Crippen LogP contribution in [0.5, 0.6) is 0 Å². The van der Waals surface area contributed by atoms with E-state index in [-0.39, 0.29) is 18.6 Å². The van der Waals surface area contributed by atoms with Gasteiger partial charge in [-0.05, 0) is 37.9 Å². The van der Waals surface area contributed by atoms with Gasteiger partial charge >= 0.3 is 0 Å². The molecule has 1 aromatic carbocycles. The zero-order valence-corrected chi connectivity index (χ0v) is 11.7. The summed E-state index contributed by atoms with van der Waals surface area (Å²) in [6, 6.07) is 9.59. The second-order valence-corrected chi connectivity index (χ2v) is 5.05. The monoisotopic (exact) mass is 264 g/mol. The Morgan fingerprint density at radius 3 is 2.58 bits per heavy atom. The fraction of sp³-hybridized carbons (Fsp3) is 0.533. The van der Waals surface area contributed by atoms with E-state index in [9.17, 15) is 4.79 Å². The molecule has 2 atom stereocenters. The van der Waals surface area contributed by atoms with Crippen LogP contribution < -0.4 is 10.6 Å². The Balaban J connectivity index is 2.24. The molecule has 0 aliphatic heterocycles. The first-order valence-electron chi connectivity index (χ1n) is 6.81. The van der Waals surface area contributed by atoms with Crippen molar-refractivity contribution >= 4 is 11.6 Å². The molecule has 2 unspecified atom stereocenters. The molecule has 1 rings (SSSR count). The van der Waals surface area contributed by atoms with Crippen molar-refractivity contribution in [3.05, 3.63) is 30.3 Å². The molecule has 0 radical (unpaired) electrons. The highest BCUT2D eigenvalue weighted by Crippen LogP contribution is 2.06. The molecule has 1 aromatic rings. The van der Waals surface area contributed by atoms with E-state index in [1.807, 2.05) is 37.3 Å². The lowest BCUT2D eigenvalue weighted by molar-refractivity contribution is -0.116. The van der Waals surface area contributed by atoms with E-state index in [0.717, 1.165) is 18.7 Å². The first kappa shape index (κ1) is 15.7. The third kappa shape index (κ3) is 6.94. The summed E-state index contributed by atoms with van der Waals surface area (Å²) in [5, 5.41) is 15.0. The van der Waals surface area contributed by atoms with E-state index < -0.39 is 0 Å². The zero-order chi connectivity index (χ0) is 14.1. The third-order valence-electron chi connectivity index (χ3n) is 2.99. The van der Waals surface area contributed by atoms with E-state index in [0.29, 0.717) is 12.3 Å². The van der Waals surface area contributed by atoms with Crippen LogP contribution in [0.1, 0.15) is 26.7 Å². The SMILES string of the molecule is CC(CCO)CNC(C)CC(=O)Nc1ccccc1. The number of hydrogen-bond donors (Lipinski definition) is 3. The number of amides is 1. The summed E-state index contributed by atoms with van der Waals surface area (Å²) >= 11 is 0. The van der Waals surface area contributed by atoms with E-state index >= 15 is 0 Å². The van der Waals surface area contributed by atoms with Gasteiger partial charge < -0.3 is 15.7 Å². The highest BCUT2D eigenvalue weighted by Gasteiger charge is 2.10. The minimum atomic E-state index is 0.0148. The van der Waals surface area contributed by atoms with E-state index in [1.165, 1.54) is 0 Å². The number of carbonyl (C=O) groups is 1. The first-order valence-corrected chi connectivity index (χ1v) is 6.81. The molecule has 0 saturated heterocycles. The van der Waals surface area contributed by atoms with Gasteiger partial charge in [0, 0.05) is 24.8 Å². The number of aliphatic hydroxyl groups is 1. The zero-order valence-electron chi connectivity index (χ0n) is 11.7. The van der Waals surface area contributed by atoms with Crippen molar-refractivity contribution in [1.29, 1.82) is 0 Å². The number of anilines is 1. The third-order valence-corrected chi connectivity index (χ3v) is 2.99. The second kappa shape index (κ2) is 8.67. The Morgan fingerprint density at radius 2 is 1.95 bits per heavy atom. The fourth-order valence-corrected chi connectivity index (χ4v) is 1.81. The minimum Gasteiger partial charge on any atom is -0.396 e. The summed E-state index contributed by atoms with van der Waals surface area (Å²) in [5.41, 5.74) is 0.827. The maximum atomic E-state index is 11.8. The van der Waals surface area contributed by atoms with E-state index in [1.54, 1.807) is 0 Å². The fourth-order valence-electron chi connectivity index (χ4n) is 1.81. The number of rotatable bonds is 8. The number of hydrogen-bond acceptors (Lipinski definition) is 3. The lowest BCUT2D eigenvalue weighted by Crippen LogP contribution is -2.33. The van der Waals surface area contributed by atoms with Crippen LogP contribution in [0.15, 0.2) is 30.3 Å². The van der Waals surface area contributed by atoms with Gasteiger partial charge in [0.05, 0.1) is 0 Å². The van der Waals surface area contributed by atoms with Crippen molar-refractivity contribution in [1.82, 2.24) is 5.32 Å². The maximum Gasteiger partial charge on any atom is 0.225 e. The van der Waals surface area contributed by atoms with Crippen LogP contribution in [0.25, 0.3) is 0 Å². The Labute approximate surface area is 115 Å².